The fourth-order valence-corrected chi connectivity index (χ4v) is 12.4. The molecule has 668 valence electrons. The third-order valence-corrected chi connectivity index (χ3v) is 19.0. The van der Waals surface area contributed by atoms with Gasteiger partial charge in [0, 0.05) is 32.2 Å². The van der Waals surface area contributed by atoms with E-state index in [1.165, 1.54) is 52.0 Å². The predicted octanol–water partition coefficient (Wildman–Crippen LogP) is -7.22. The Labute approximate surface area is 690 Å². The number of carbonyl (C=O) groups excluding carboxylic acids is 18. The highest BCUT2D eigenvalue weighted by Gasteiger charge is 2.43. The van der Waals surface area contributed by atoms with Crippen molar-refractivity contribution in [3.05, 3.63) is 29.8 Å². The molecule has 0 unspecified atom stereocenters. The van der Waals surface area contributed by atoms with Gasteiger partial charge in [-0.15, -0.1) is 0 Å². The summed E-state index contributed by atoms with van der Waals surface area (Å²) in [6, 6.07) is -18.4. The molecule has 1 saturated heterocycles. The van der Waals surface area contributed by atoms with Crippen LogP contribution in [-0.4, -0.2) is 259 Å². The van der Waals surface area contributed by atoms with E-state index in [9.17, 15) is 117 Å². The molecule has 0 aromatic heterocycles. The lowest BCUT2D eigenvalue weighted by Gasteiger charge is -2.31. The average Bonchev–Trinajstić information content (AvgIpc) is 1.72. The minimum absolute atomic E-state index is 0.0241. The molecule has 0 radical (unpaired) electrons. The Kier molecular flexibility index (Phi) is 44.1. The Balaban J connectivity index is 2.40. The number of carboxylic acids is 1. The van der Waals surface area contributed by atoms with Crippen LogP contribution in [0.3, 0.4) is 0 Å². The van der Waals surface area contributed by atoms with Crippen molar-refractivity contribution < 1.29 is 117 Å². The Hall–Kier alpha value is -11.2. The lowest BCUT2D eigenvalue weighted by Crippen LogP contribution is -2.63. The van der Waals surface area contributed by atoms with Crippen LogP contribution in [0, 0.1) is 35.5 Å². The monoisotopic (exact) mass is 1690 g/mol. The number of aliphatic hydroxyl groups is 3. The molecule has 0 saturated carbocycles. The molecule has 16 atom stereocenters. The number of aliphatic hydroxyl groups excluding tert-OH is 3. The zero-order valence-corrected chi connectivity index (χ0v) is 69.7. The van der Waals surface area contributed by atoms with Crippen LogP contribution >= 0.6 is 0 Å². The van der Waals surface area contributed by atoms with Gasteiger partial charge >= 0.3 is 5.97 Å². The van der Waals surface area contributed by atoms with Crippen LogP contribution in [0.15, 0.2) is 24.3 Å². The summed E-state index contributed by atoms with van der Waals surface area (Å²) in [6.45, 7) is 18.1. The van der Waals surface area contributed by atoms with E-state index in [-0.39, 0.29) is 68.6 Å². The van der Waals surface area contributed by atoms with Gasteiger partial charge in [-0.1, -0.05) is 95.2 Å². The first-order valence-corrected chi connectivity index (χ1v) is 39.5. The summed E-state index contributed by atoms with van der Waals surface area (Å²) in [5.41, 5.74) is 28.2. The van der Waals surface area contributed by atoms with E-state index >= 15 is 0 Å². The molecule has 0 aliphatic carbocycles. The Morgan fingerprint density at radius 1 is 0.395 bits per heavy atom. The van der Waals surface area contributed by atoms with Gasteiger partial charge in [-0.2, -0.15) is 0 Å². The normalized spacial score (nSPS) is 16.5. The Morgan fingerprint density at radius 2 is 0.731 bits per heavy atom. The van der Waals surface area contributed by atoms with Crippen molar-refractivity contribution in [1.29, 1.82) is 0 Å². The molecule has 43 heteroatoms. The summed E-state index contributed by atoms with van der Waals surface area (Å²) in [6.07, 6.45) is -6.13. The number of hydrogen-bond donors (Lipinski definition) is 23. The zero-order valence-electron chi connectivity index (χ0n) is 69.7. The van der Waals surface area contributed by atoms with Crippen molar-refractivity contribution in [3.8, 4) is 5.75 Å². The van der Waals surface area contributed by atoms with Crippen LogP contribution < -0.4 is 97.8 Å². The van der Waals surface area contributed by atoms with Crippen molar-refractivity contribution in [2.24, 2.45) is 64.2 Å². The topological polar surface area (TPSA) is 715 Å². The number of carboxylic acid groups (broad SMARTS) is 1. The van der Waals surface area contributed by atoms with Crippen molar-refractivity contribution in [1.82, 2.24) is 74.0 Å². The van der Waals surface area contributed by atoms with Crippen LogP contribution in [-0.2, 0) is 97.5 Å². The Bertz CT molecular complexity index is 3710. The number of rotatable bonds is 53. The van der Waals surface area contributed by atoms with Crippen LogP contribution in [0.2, 0.25) is 0 Å². The summed E-state index contributed by atoms with van der Waals surface area (Å²) in [7, 11) is 0. The minimum atomic E-state index is -1.95. The molecular formula is C76H125N19O24. The van der Waals surface area contributed by atoms with Gasteiger partial charge in [-0.05, 0) is 111 Å². The number of aliphatic carboxylic acids is 1. The molecule has 1 heterocycles. The van der Waals surface area contributed by atoms with E-state index in [0.717, 1.165) is 11.8 Å². The van der Waals surface area contributed by atoms with Gasteiger partial charge < -0.3 is 128 Å². The van der Waals surface area contributed by atoms with Gasteiger partial charge in [-0.25, -0.2) is 4.79 Å². The second-order valence-corrected chi connectivity index (χ2v) is 31.9. The van der Waals surface area contributed by atoms with Crippen LogP contribution in [0.1, 0.15) is 173 Å². The van der Waals surface area contributed by atoms with E-state index in [1.807, 2.05) is 0 Å². The molecule has 1 aromatic rings. The third-order valence-electron chi connectivity index (χ3n) is 19.0. The maximum absolute atomic E-state index is 14.6. The fourth-order valence-electron chi connectivity index (χ4n) is 12.4. The molecule has 0 bridgehead atoms. The number of phenolic OH excluding ortho intramolecular Hbond substituents is 1. The summed E-state index contributed by atoms with van der Waals surface area (Å²) in [5, 5.41) is 82.9. The number of primary amides is 4. The first-order valence-electron chi connectivity index (χ1n) is 39.5. The molecular weight excluding hydrogens is 1560 g/mol. The van der Waals surface area contributed by atoms with E-state index < -0.39 is 285 Å². The maximum atomic E-state index is 14.6. The van der Waals surface area contributed by atoms with E-state index in [4.69, 9.17) is 28.7 Å². The molecule has 43 nitrogen and oxygen atoms in total. The van der Waals surface area contributed by atoms with Crippen molar-refractivity contribution in [2.45, 2.75) is 270 Å². The number of aromatic hydroxyl groups is 1. The molecule has 1 aliphatic rings. The molecule has 2 rings (SSSR count). The minimum Gasteiger partial charge on any atom is -0.508 e. The standard InChI is InChI=1S/C76H125N19O24/c1-34(2)27-46(87-72(114)59(38(9)10)92-64(106)45(22-25-56(79)102)82-62(104)43(20-23-54(77)100)83-65(107)47(86-71(113)58(81)37(7)8)30-41-16-18-42(99)19-17-41)66(108)94-61(40(13)98)74(116)91-52(33-97)69(111)88-49(28-35(3)4)75(117)95-26-14-15-53(95)70(112)90-51(32-96)68(110)84-44(21-24-55(78)101)63(105)85-48(31-57(80)103)67(109)93-60(39(11)12)73(115)89-50(76(118)119)29-36(5)6/h16-19,34-40,43-53,58-61,96-99H,14-15,20-33,81H2,1-13H3,(H2,77,100)(H2,78,101)(H2,79,102)(H2,80,103)(H,82,104)(H,83,107)(H,84,110)(H,85,105)(H,86,113)(H,87,114)(H,88,111)(H,89,115)(H,90,112)(H,91,116)(H,92,106)(H,93,109)(H,94,108)(H,118,119)/t40-,43+,44+,45+,46+,47+,48+,49+,50+,51+,52+,53+,58+,59+,60+,61+/m1/s1. The largest absolute Gasteiger partial charge is 0.508 e. The first-order chi connectivity index (χ1) is 55.4. The second kappa shape index (κ2) is 50.5. The highest BCUT2D eigenvalue weighted by molar-refractivity contribution is 6.02. The molecule has 1 fully saturated rings. The van der Waals surface area contributed by atoms with Gasteiger partial charge in [0.2, 0.25) is 106 Å². The first kappa shape index (κ1) is 104. The van der Waals surface area contributed by atoms with Gasteiger partial charge in [0.05, 0.1) is 31.8 Å². The zero-order chi connectivity index (χ0) is 90.7. The maximum Gasteiger partial charge on any atom is 0.326 e. The number of nitrogens with zero attached hydrogens (tertiary/aromatic N) is 1. The molecule has 119 heavy (non-hydrogen) atoms. The predicted molar refractivity (Wildman–Crippen MR) is 425 cm³/mol. The average molecular weight is 1690 g/mol. The molecule has 0 spiro atoms. The number of carbonyl (C=O) groups is 19. The highest BCUT2D eigenvalue weighted by atomic mass is 16.4. The molecule has 28 N–H and O–H groups in total. The molecule has 1 aliphatic heterocycles. The van der Waals surface area contributed by atoms with E-state index in [1.54, 1.807) is 55.4 Å². The van der Waals surface area contributed by atoms with Crippen LogP contribution in [0.5, 0.6) is 5.75 Å². The van der Waals surface area contributed by atoms with Crippen LogP contribution in [0.25, 0.3) is 0 Å². The lowest BCUT2D eigenvalue weighted by atomic mass is 9.98. The summed E-state index contributed by atoms with van der Waals surface area (Å²) >= 11 is 0. The number of nitrogens with one attached hydrogen (secondary N) is 13. The number of nitrogens with two attached hydrogens (primary N) is 5. The van der Waals surface area contributed by atoms with E-state index in [2.05, 4.69) is 69.1 Å². The SMILES string of the molecule is CC(C)C[C@H](NC(=O)[C@@H](NC(=O)[C@H](CC(N)=O)NC(=O)[C@H](CCC(N)=O)NC(=O)[C@H](CO)NC(=O)[C@@H]1CCCN1C(=O)[C@H](CC(C)C)NC(=O)[C@H](CO)NC(=O)[C@@H](NC(=O)[C@H](CC(C)C)NC(=O)[C@@H](NC(=O)[C@H](CCC(N)=O)NC(=O)[C@H](CCC(N)=O)NC(=O)[C@H](Cc1ccc(O)cc1)NC(=O)[C@@H](N)C(C)C)C(C)C)[C@@H](C)O)C(C)C)C(=O)O. The van der Waals surface area contributed by atoms with Gasteiger partial charge in [-0.3, -0.25) is 86.3 Å². The van der Waals surface area contributed by atoms with Crippen molar-refractivity contribution in [2.75, 3.05) is 19.8 Å². The second-order valence-electron chi connectivity index (χ2n) is 31.9. The van der Waals surface area contributed by atoms with Crippen molar-refractivity contribution >= 4 is 112 Å². The molecule has 1 aromatic carbocycles. The lowest BCUT2D eigenvalue weighted by molar-refractivity contribution is -0.143. The number of phenols is 1. The molecule has 18 amide bonds. The number of amides is 18. The summed E-state index contributed by atoms with van der Waals surface area (Å²) in [5.74, 6) is -23.1. The van der Waals surface area contributed by atoms with Crippen LogP contribution in [0.4, 0.5) is 0 Å². The number of likely N-dealkylation sites (tertiary alicyclic amines) is 1. The third kappa shape index (κ3) is 36.3. The fraction of sp³-hybridized carbons (Fsp3) is 0.671. The smallest absolute Gasteiger partial charge is 0.326 e. The van der Waals surface area contributed by atoms with Crippen molar-refractivity contribution in [3.63, 3.8) is 0 Å². The quantitative estimate of drug-likeness (QED) is 0.0288. The van der Waals surface area contributed by atoms with Gasteiger partial charge in [0.25, 0.3) is 0 Å². The summed E-state index contributed by atoms with van der Waals surface area (Å²) < 4.78 is 0. The van der Waals surface area contributed by atoms with Gasteiger partial charge in [0.1, 0.15) is 90.3 Å². The number of benzene rings is 1. The number of hydrogen-bond acceptors (Lipinski definition) is 24. The Morgan fingerprint density at radius 3 is 1.13 bits per heavy atom. The van der Waals surface area contributed by atoms with E-state index in [0.29, 0.717) is 5.56 Å². The summed E-state index contributed by atoms with van der Waals surface area (Å²) in [4.78, 5) is 258. The van der Waals surface area contributed by atoms with Gasteiger partial charge in [0.15, 0.2) is 0 Å². The highest BCUT2D eigenvalue weighted by Crippen LogP contribution is 2.22.